The van der Waals surface area contributed by atoms with E-state index in [1.165, 1.54) is 71.1 Å². The first-order valence-corrected chi connectivity index (χ1v) is 27.3. The van der Waals surface area contributed by atoms with Crippen molar-refractivity contribution >= 4 is 24.0 Å². The lowest BCUT2D eigenvalue weighted by molar-refractivity contribution is -0.374. The van der Waals surface area contributed by atoms with E-state index in [4.69, 9.17) is 85.3 Å². The van der Waals surface area contributed by atoms with Crippen molar-refractivity contribution < 1.29 is 94.9 Å². The topological polar surface area (TPSA) is 224 Å². The average molecular weight is 1160 g/mol. The summed E-state index contributed by atoms with van der Waals surface area (Å²) in [7, 11) is 19.7. The van der Waals surface area contributed by atoms with Crippen molar-refractivity contribution in [3.8, 4) is 0 Å². The molecule has 0 spiro atoms. The number of ether oxygens (including phenoxy) is 18. The number of hydrogen-bond acceptors (Lipinski definition) is 21. The van der Waals surface area contributed by atoms with Crippen molar-refractivity contribution in [2.24, 2.45) is 0 Å². The van der Waals surface area contributed by atoms with Gasteiger partial charge in [0.15, 0.2) is 12.6 Å². The molecule has 3 saturated heterocycles. The highest BCUT2D eigenvalue weighted by molar-refractivity contribution is 5.79. The van der Waals surface area contributed by atoms with Crippen LogP contribution in [0.3, 0.4) is 0 Å². The predicted molar refractivity (Wildman–Crippen MR) is 303 cm³/mol. The molecule has 3 fully saturated rings. The van der Waals surface area contributed by atoms with Gasteiger partial charge in [0.05, 0.1) is 64.2 Å². The fraction of sp³-hybridized carbons (Fsp3) is 0.633. The molecular formula is C60H90N2O20. The Morgan fingerprint density at radius 2 is 1.27 bits per heavy atom. The Bertz CT molecular complexity index is 2260. The number of nitrogens with one attached hydrogen (secondary N) is 2. The molecule has 18 atom stereocenters. The van der Waals surface area contributed by atoms with Gasteiger partial charge in [0, 0.05) is 84.6 Å². The molecule has 1 amide bonds. The van der Waals surface area contributed by atoms with Gasteiger partial charge in [0.25, 0.3) is 5.79 Å². The smallest absolute Gasteiger partial charge is 0.366 e. The van der Waals surface area contributed by atoms with E-state index in [1.54, 1.807) is 21.3 Å². The molecule has 3 aliphatic rings. The second-order valence-electron chi connectivity index (χ2n) is 19.7. The molecule has 22 heteroatoms. The number of carbonyl (C=O) groups is 2. The van der Waals surface area contributed by atoms with Crippen LogP contribution in [0.2, 0.25) is 0 Å². The summed E-state index contributed by atoms with van der Waals surface area (Å²) in [6.45, 7) is 1.64. The first kappa shape index (κ1) is 68.4. The number of likely N-dealkylation sites (N-methyl/N-ethyl adjacent to an activating group) is 1. The average Bonchev–Trinajstić information content (AvgIpc) is 3.65. The Morgan fingerprint density at radius 3 is 1.82 bits per heavy atom. The number of esters is 1. The Balaban J connectivity index is 1.33. The van der Waals surface area contributed by atoms with Gasteiger partial charge < -0.3 is 95.9 Å². The largest absolute Gasteiger partial charge is 0.465 e. The second-order valence-corrected chi connectivity index (χ2v) is 19.7. The summed E-state index contributed by atoms with van der Waals surface area (Å²) < 4.78 is 111. The van der Waals surface area contributed by atoms with E-state index in [-0.39, 0.29) is 45.2 Å². The molecular weight excluding hydrogens is 1070 g/mol. The maximum atomic E-state index is 14.1. The molecule has 0 bridgehead atoms. The quantitative estimate of drug-likeness (QED) is 0.0571. The molecule has 0 aromatic heterocycles. The van der Waals surface area contributed by atoms with E-state index in [9.17, 15) is 9.59 Å². The third-order valence-corrected chi connectivity index (χ3v) is 14.8. The van der Waals surface area contributed by atoms with E-state index < -0.39 is 116 Å². The SMILES string of the molecule is C/C=C/C(OC)C(CO[C@@H]1OC(COC)[C@@H](O[C@@H]2OC(CO[C@@]3(C(=O)OC)CC(OC)[C@H](NC)C(C(OC)C(COC)OC)O3)[C@H](OC)C(OC)C2OC)C(OC)C1OC)NC(=O)Cc1ccc(/C=C/C=C/C=C/c2ccccc2)cc1. The van der Waals surface area contributed by atoms with E-state index in [0.717, 1.165) is 16.7 Å². The molecule has 12 unspecified atom stereocenters. The van der Waals surface area contributed by atoms with E-state index >= 15 is 0 Å². The van der Waals surface area contributed by atoms with Gasteiger partial charge in [-0.2, -0.15) is 0 Å². The summed E-state index contributed by atoms with van der Waals surface area (Å²) in [4.78, 5) is 27.8. The van der Waals surface area contributed by atoms with Crippen molar-refractivity contribution in [2.75, 3.05) is 119 Å². The molecule has 3 aliphatic heterocycles. The number of benzene rings is 2. The van der Waals surface area contributed by atoms with E-state index in [1.807, 2.05) is 110 Å². The summed E-state index contributed by atoms with van der Waals surface area (Å²) >= 11 is 0. The Hall–Kier alpha value is -4.38. The van der Waals surface area contributed by atoms with Crippen LogP contribution >= 0.6 is 0 Å². The Morgan fingerprint density at radius 1 is 0.659 bits per heavy atom. The van der Waals surface area contributed by atoms with Crippen LogP contribution in [-0.2, 0) is 101 Å². The first-order valence-electron chi connectivity index (χ1n) is 27.3. The summed E-state index contributed by atoms with van der Waals surface area (Å²) in [5.41, 5.74) is 2.94. The summed E-state index contributed by atoms with van der Waals surface area (Å²) in [6, 6.07) is 16.7. The van der Waals surface area contributed by atoms with Crippen LogP contribution in [0.5, 0.6) is 0 Å². The highest BCUT2D eigenvalue weighted by atomic mass is 16.8. The molecule has 82 heavy (non-hydrogen) atoms. The molecule has 5 rings (SSSR count). The molecule has 2 N–H and O–H groups in total. The van der Waals surface area contributed by atoms with Gasteiger partial charge in [-0.3, -0.25) is 4.79 Å². The van der Waals surface area contributed by atoms with Crippen LogP contribution in [0.15, 0.2) is 91.1 Å². The van der Waals surface area contributed by atoms with Crippen LogP contribution < -0.4 is 10.6 Å². The molecule has 460 valence electrons. The third kappa shape index (κ3) is 18.1. The van der Waals surface area contributed by atoms with Gasteiger partial charge in [0.2, 0.25) is 5.91 Å². The van der Waals surface area contributed by atoms with E-state index in [0.29, 0.717) is 0 Å². The molecule has 0 aliphatic carbocycles. The zero-order valence-electron chi connectivity index (χ0n) is 50.0. The molecule has 0 radical (unpaired) electrons. The molecule has 2 aromatic rings. The molecule has 0 saturated carbocycles. The number of allylic oxidation sites excluding steroid dienone is 5. The number of methoxy groups -OCH3 is 12. The van der Waals surface area contributed by atoms with Gasteiger partial charge in [-0.1, -0.05) is 103 Å². The lowest BCUT2D eigenvalue weighted by atomic mass is 9.88. The van der Waals surface area contributed by atoms with Crippen molar-refractivity contribution in [3.63, 3.8) is 0 Å². The van der Waals surface area contributed by atoms with Gasteiger partial charge in [0.1, 0.15) is 67.1 Å². The Labute approximate surface area is 484 Å². The van der Waals surface area contributed by atoms with Crippen LogP contribution in [0.1, 0.15) is 30.0 Å². The molecule has 2 aromatic carbocycles. The molecule has 3 heterocycles. The predicted octanol–water partition coefficient (Wildman–Crippen LogP) is 4.12. The van der Waals surface area contributed by atoms with Crippen LogP contribution in [-0.4, -0.2) is 240 Å². The van der Waals surface area contributed by atoms with Gasteiger partial charge >= 0.3 is 5.97 Å². The van der Waals surface area contributed by atoms with Crippen molar-refractivity contribution in [1.82, 2.24) is 10.6 Å². The minimum Gasteiger partial charge on any atom is -0.465 e. The minimum absolute atomic E-state index is 0.00809. The number of rotatable bonds is 34. The lowest BCUT2D eigenvalue weighted by Gasteiger charge is -2.50. The van der Waals surface area contributed by atoms with Crippen LogP contribution in [0.25, 0.3) is 12.2 Å². The number of amides is 1. The maximum Gasteiger partial charge on any atom is 0.366 e. The van der Waals surface area contributed by atoms with Gasteiger partial charge in [-0.15, -0.1) is 0 Å². The minimum atomic E-state index is -2.06. The normalized spacial score (nSPS) is 30.5. The lowest BCUT2D eigenvalue weighted by Crippen LogP contribution is -2.69. The maximum absolute atomic E-state index is 14.1. The van der Waals surface area contributed by atoms with Crippen molar-refractivity contribution in [2.45, 2.75) is 130 Å². The first-order chi connectivity index (χ1) is 39.8. The number of carbonyl (C=O) groups excluding carboxylic acids is 2. The van der Waals surface area contributed by atoms with E-state index in [2.05, 4.69) is 10.6 Å². The number of hydrogen-bond donors (Lipinski definition) is 2. The van der Waals surface area contributed by atoms with Gasteiger partial charge in [-0.05, 0) is 30.7 Å². The third-order valence-electron chi connectivity index (χ3n) is 14.8. The zero-order valence-corrected chi connectivity index (χ0v) is 50.0. The summed E-state index contributed by atoms with van der Waals surface area (Å²) in [5.74, 6) is -3.13. The zero-order chi connectivity index (χ0) is 59.6. The van der Waals surface area contributed by atoms with Crippen LogP contribution in [0, 0.1) is 0 Å². The fourth-order valence-corrected chi connectivity index (χ4v) is 10.7. The highest BCUT2D eigenvalue weighted by Gasteiger charge is 2.59. The standard InChI is InChI=1S/C60H90N2O20/c1-15-23-42(67-5)41(62-47(63)32-40-30-28-39(29-31-40)27-20-17-16-19-24-38-25-21-18-22-26-38)34-77-57-55(74-12)54(73-11)51(45(79-57)36-66-4)81-58-56(75-13)53(72-10)50(71-9)46(80-58)37-78-60(59(64)76-14)33-43(68-6)48(61-2)52(82-60)49(70-8)44(69-7)35-65-3/h15-31,41-46,48-58,61H,32-37H2,1-14H3,(H,62,63)/b17-16+,23-15+,24-19+,27-20+/t41?,42?,43?,44?,45?,46?,48-,49?,50-,51+,52?,53?,54?,55?,56?,57+,58-,60-/m0/s1. The fourth-order valence-electron chi connectivity index (χ4n) is 10.7. The van der Waals surface area contributed by atoms with Gasteiger partial charge in [-0.25, -0.2) is 4.79 Å². The Kier molecular flexibility index (Phi) is 29.9. The summed E-state index contributed by atoms with van der Waals surface area (Å²) in [6.07, 6.45) is 2.60. The molecule has 22 nitrogen and oxygen atoms in total. The van der Waals surface area contributed by atoms with Crippen molar-refractivity contribution in [3.05, 3.63) is 108 Å². The second kappa shape index (κ2) is 35.8. The monoisotopic (exact) mass is 1160 g/mol. The highest BCUT2D eigenvalue weighted by Crippen LogP contribution is 2.39. The van der Waals surface area contributed by atoms with Crippen molar-refractivity contribution in [1.29, 1.82) is 0 Å². The summed E-state index contributed by atoms with van der Waals surface area (Å²) in [5, 5.41) is 6.38. The van der Waals surface area contributed by atoms with Crippen LogP contribution in [0.4, 0.5) is 0 Å².